The number of aromatic nitrogens is 2. The molecule has 0 spiro atoms. The summed E-state index contributed by atoms with van der Waals surface area (Å²) in [5.74, 6) is 0.781. The molecule has 2 aromatic heterocycles. The molecule has 1 saturated carbocycles. The van der Waals surface area contributed by atoms with Crippen LogP contribution in [-0.4, -0.2) is 28.8 Å². The number of pyridine rings is 1. The van der Waals surface area contributed by atoms with Gasteiger partial charge in [0, 0.05) is 24.3 Å². The second kappa shape index (κ2) is 6.38. The van der Waals surface area contributed by atoms with E-state index < -0.39 is 0 Å². The van der Waals surface area contributed by atoms with E-state index in [1.165, 1.54) is 26.0 Å². The molecule has 2 heterocycles. The highest BCUT2D eigenvalue weighted by molar-refractivity contribution is 5.91. The van der Waals surface area contributed by atoms with Gasteiger partial charge in [0.1, 0.15) is 0 Å². The van der Waals surface area contributed by atoms with Crippen LogP contribution < -0.4 is 15.6 Å². The van der Waals surface area contributed by atoms with Crippen molar-refractivity contribution in [3.8, 4) is 5.88 Å². The third-order valence-electron chi connectivity index (χ3n) is 4.98. The van der Waals surface area contributed by atoms with Crippen LogP contribution in [-0.2, 0) is 19.4 Å². The van der Waals surface area contributed by atoms with Crippen molar-refractivity contribution >= 4 is 5.91 Å². The first kappa shape index (κ1) is 15.9. The molecular formula is C18H21N3O4. The standard InChI is InChI=1S/C18H21N3O4/c1-24-16-9-15(25-20-16)18(23)19-13-5-6-14-12(8-13)4-7-17(22)21(14)10-11-2-3-11/h4,7,9,11,13H,2-3,5-6,8,10H2,1H3,(H,19,23)/t13-/m1/s1. The third kappa shape index (κ3) is 3.31. The average Bonchev–Trinajstić information content (AvgIpc) is 3.30. The van der Waals surface area contributed by atoms with Crippen molar-refractivity contribution in [3.63, 3.8) is 0 Å². The van der Waals surface area contributed by atoms with Gasteiger partial charge in [-0.2, -0.15) is 0 Å². The van der Waals surface area contributed by atoms with Crippen molar-refractivity contribution in [2.45, 2.75) is 44.7 Å². The summed E-state index contributed by atoms with van der Waals surface area (Å²) < 4.78 is 11.8. The zero-order valence-corrected chi connectivity index (χ0v) is 14.2. The first-order valence-electron chi connectivity index (χ1n) is 8.67. The molecule has 2 aliphatic rings. The minimum atomic E-state index is -0.296. The Labute approximate surface area is 145 Å². The predicted molar refractivity (Wildman–Crippen MR) is 89.8 cm³/mol. The summed E-state index contributed by atoms with van der Waals surface area (Å²) in [6, 6.07) is 5.03. The molecule has 0 unspecified atom stereocenters. The van der Waals surface area contributed by atoms with Gasteiger partial charge in [0.2, 0.25) is 5.76 Å². The molecule has 0 radical (unpaired) electrons. The topological polar surface area (TPSA) is 86.4 Å². The van der Waals surface area contributed by atoms with Crippen LogP contribution in [0.3, 0.4) is 0 Å². The molecule has 1 fully saturated rings. The van der Waals surface area contributed by atoms with Gasteiger partial charge in [-0.05, 0) is 48.7 Å². The fraction of sp³-hybridized carbons (Fsp3) is 0.500. The van der Waals surface area contributed by atoms with E-state index >= 15 is 0 Å². The molecule has 25 heavy (non-hydrogen) atoms. The van der Waals surface area contributed by atoms with Crippen molar-refractivity contribution in [2.24, 2.45) is 5.92 Å². The lowest BCUT2D eigenvalue weighted by Gasteiger charge is -2.27. The number of hydrogen-bond acceptors (Lipinski definition) is 5. The van der Waals surface area contributed by atoms with Crippen LogP contribution in [0.1, 0.15) is 41.1 Å². The SMILES string of the molecule is COc1cc(C(=O)N[C@@H]2CCc3c(ccc(=O)n3CC3CC3)C2)on1. The van der Waals surface area contributed by atoms with Crippen molar-refractivity contribution in [3.05, 3.63) is 45.6 Å². The summed E-state index contributed by atoms with van der Waals surface area (Å²) in [5.41, 5.74) is 2.36. The molecule has 4 rings (SSSR count). The largest absolute Gasteiger partial charge is 0.479 e. The normalized spacial score (nSPS) is 19.3. The van der Waals surface area contributed by atoms with Crippen LogP contribution in [0.25, 0.3) is 0 Å². The van der Waals surface area contributed by atoms with Gasteiger partial charge < -0.3 is 19.1 Å². The highest BCUT2D eigenvalue weighted by Gasteiger charge is 2.27. The number of carbonyl (C=O) groups is 1. The molecule has 1 N–H and O–H groups in total. The maximum atomic E-state index is 12.3. The van der Waals surface area contributed by atoms with Gasteiger partial charge in [-0.25, -0.2) is 0 Å². The molecule has 0 aliphatic heterocycles. The van der Waals surface area contributed by atoms with Crippen LogP contribution in [0.4, 0.5) is 0 Å². The Morgan fingerprint density at radius 3 is 2.96 bits per heavy atom. The van der Waals surface area contributed by atoms with Crippen LogP contribution in [0, 0.1) is 5.92 Å². The minimum Gasteiger partial charge on any atom is -0.479 e. The van der Waals surface area contributed by atoms with E-state index in [1.54, 1.807) is 6.07 Å². The molecule has 7 heteroatoms. The smallest absolute Gasteiger partial charge is 0.290 e. The van der Waals surface area contributed by atoms with Crippen molar-refractivity contribution in [1.82, 2.24) is 15.0 Å². The Bertz CT molecular complexity index is 850. The Morgan fingerprint density at radius 2 is 2.24 bits per heavy atom. The van der Waals surface area contributed by atoms with Crippen LogP contribution >= 0.6 is 0 Å². The minimum absolute atomic E-state index is 0.0166. The molecule has 0 aromatic carbocycles. The van der Waals surface area contributed by atoms with E-state index in [0.29, 0.717) is 5.92 Å². The number of amides is 1. The molecule has 132 valence electrons. The van der Waals surface area contributed by atoms with Crippen LogP contribution in [0.2, 0.25) is 0 Å². The van der Waals surface area contributed by atoms with Crippen LogP contribution in [0.5, 0.6) is 5.88 Å². The number of nitrogens with one attached hydrogen (secondary N) is 1. The lowest BCUT2D eigenvalue weighted by molar-refractivity contribution is 0.0895. The molecule has 2 aromatic rings. The number of nitrogens with zero attached hydrogens (tertiary/aromatic N) is 2. The summed E-state index contributed by atoms with van der Waals surface area (Å²) in [5, 5.41) is 6.63. The predicted octanol–water partition coefficient (Wildman–Crippen LogP) is 1.54. The highest BCUT2D eigenvalue weighted by atomic mass is 16.5. The van der Waals surface area contributed by atoms with Gasteiger partial charge >= 0.3 is 0 Å². The summed E-state index contributed by atoms with van der Waals surface area (Å²) in [6.07, 6.45) is 4.75. The fourth-order valence-electron chi connectivity index (χ4n) is 3.42. The van der Waals surface area contributed by atoms with Gasteiger partial charge in [-0.3, -0.25) is 9.59 Å². The van der Waals surface area contributed by atoms with E-state index in [1.807, 2.05) is 10.6 Å². The van der Waals surface area contributed by atoms with Gasteiger partial charge in [-0.1, -0.05) is 6.07 Å². The number of rotatable bonds is 5. The van der Waals surface area contributed by atoms with E-state index in [-0.39, 0.29) is 29.1 Å². The first-order valence-corrected chi connectivity index (χ1v) is 8.67. The number of hydrogen-bond donors (Lipinski definition) is 1. The fourth-order valence-corrected chi connectivity index (χ4v) is 3.42. The number of fused-ring (bicyclic) bond motifs is 1. The molecule has 7 nitrogen and oxygen atoms in total. The van der Waals surface area contributed by atoms with Crippen LogP contribution in [0.15, 0.2) is 27.5 Å². The van der Waals surface area contributed by atoms with Gasteiger partial charge in [0.05, 0.1) is 13.2 Å². The third-order valence-corrected chi connectivity index (χ3v) is 4.98. The zero-order valence-electron chi connectivity index (χ0n) is 14.2. The summed E-state index contributed by atoms with van der Waals surface area (Å²) >= 11 is 0. The Hall–Kier alpha value is -2.57. The molecule has 2 aliphatic carbocycles. The Morgan fingerprint density at radius 1 is 1.40 bits per heavy atom. The van der Waals surface area contributed by atoms with E-state index in [4.69, 9.17) is 9.26 Å². The maximum absolute atomic E-state index is 12.3. The van der Waals surface area contributed by atoms with Crippen molar-refractivity contribution in [1.29, 1.82) is 0 Å². The van der Waals surface area contributed by atoms with Crippen molar-refractivity contribution < 1.29 is 14.1 Å². The first-order chi connectivity index (χ1) is 12.1. The lowest BCUT2D eigenvalue weighted by Crippen LogP contribution is -2.40. The second-order valence-electron chi connectivity index (χ2n) is 6.84. The highest BCUT2D eigenvalue weighted by Crippen LogP contribution is 2.31. The number of carbonyl (C=O) groups excluding carboxylic acids is 1. The maximum Gasteiger partial charge on any atom is 0.290 e. The molecular weight excluding hydrogens is 322 g/mol. The van der Waals surface area contributed by atoms with Gasteiger partial charge in [0.15, 0.2) is 0 Å². The quantitative estimate of drug-likeness (QED) is 0.890. The number of methoxy groups -OCH3 is 1. The lowest BCUT2D eigenvalue weighted by atomic mass is 9.91. The van der Waals surface area contributed by atoms with E-state index in [2.05, 4.69) is 10.5 Å². The van der Waals surface area contributed by atoms with Gasteiger partial charge in [0.25, 0.3) is 17.3 Å². The molecule has 0 saturated heterocycles. The molecule has 1 amide bonds. The molecule has 1 atom stereocenters. The van der Waals surface area contributed by atoms with Crippen molar-refractivity contribution in [2.75, 3.05) is 7.11 Å². The summed E-state index contributed by atoms with van der Waals surface area (Å²) in [4.78, 5) is 24.5. The van der Waals surface area contributed by atoms with E-state index in [0.717, 1.165) is 37.1 Å². The summed E-state index contributed by atoms with van der Waals surface area (Å²) in [7, 11) is 1.47. The van der Waals surface area contributed by atoms with Gasteiger partial charge in [-0.15, -0.1) is 0 Å². The summed E-state index contributed by atoms with van der Waals surface area (Å²) in [6.45, 7) is 0.830. The zero-order chi connectivity index (χ0) is 17.4. The number of ether oxygens (including phenoxy) is 1. The average molecular weight is 343 g/mol. The van der Waals surface area contributed by atoms with E-state index in [9.17, 15) is 9.59 Å². The second-order valence-corrected chi connectivity index (χ2v) is 6.84. The Kier molecular flexibility index (Phi) is 4.07. The Balaban J connectivity index is 1.47. The monoisotopic (exact) mass is 343 g/mol. The molecule has 0 bridgehead atoms.